The number of aryl methyl sites for hydroxylation is 1. The van der Waals surface area contributed by atoms with E-state index in [-0.39, 0.29) is 5.82 Å². The zero-order valence-electron chi connectivity index (χ0n) is 19.7. The van der Waals surface area contributed by atoms with Crippen LogP contribution in [0.4, 0.5) is 4.39 Å². The minimum atomic E-state index is -0.158. The van der Waals surface area contributed by atoms with Gasteiger partial charge in [-0.15, -0.1) is 0 Å². The molecule has 0 spiro atoms. The number of halogens is 1. The zero-order chi connectivity index (χ0) is 22.3. The van der Waals surface area contributed by atoms with Crippen molar-refractivity contribution in [3.8, 4) is 17.2 Å². The Morgan fingerprint density at radius 3 is 1.94 bits per heavy atom. The van der Waals surface area contributed by atoms with Gasteiger partial charge in [-0.1, -0.05) is 69.7 Å². The lowest BCUT2D eigenvalue weighted by Crippen LogP contribution is -2.26. The van der Waals surface area contributed by atoms with Gasteiger partial charge in [0, 0.05) is 5.56 Å². The van der Waals surface area contributed by atoms with E-state index >= 15 is 0 Å². The molecule has 0 heterocycles. The number of nitriles is 1. The van der Waals surface area contributed by atoms with E-state index in [0.29, 0.717) is 11.1 Å². The summed E-state index contributed by atoms with van der Waals surface area (Å²) in [5.41, 5.74) is 3.16. The van der Waals surface area contributed by atoms with E-state index in [1.54, 1.807) is 18.2 Å². The monoisotopic (exact) mass is 431 g/mol. The largest absolute Gasteiger partial charge is 0.206 e. The van der Waals surface area contributed by atoms with Crippen molar-refractivity contribution in [2.75, 3.05) is 0 Å². The van der Waals surface area contributed by atoms with E-state index in [2.05, 4.69) is 19.1 Å². The zero-order valence-corrected chi connectivity index (χ0v) is 19.7. The van der Waals surface area contributed by atoms with E-state index in [9.17, 15) is 4.39 Å². The summed E-state index contributed by atoms with van der Waals surface area (Å²) in [6.07, 6.45) is 16.4. The molecule has 2 fully saturated rings. The average molecular weight is 432 g/mol. The fourth-order valence-electron chi connectivity index (χ4n) is 6.35. The highest BCUT2D eigenvalue weighted by molar-refractivity contribution is 5.65. The summed E-state index contributed by atoms with van der Waals surface area (Å²) < 4.78 is 14.8. The standard InChI is InChI=1S/C30H38FN/c1-2-3-22-6-13-26(14-7-22)27-15-8-23(9-16-27)4-5-24-12-19-29(30(31)20-24)28-17-10-25(21-32)11-18-28/h10-12,17-20,22-23,26-27H,2-9,13-16H2,1H3/t22-,23?,26-,27?. The Morgan fingerprint density at radius 2 is 1.41 bits per heavy atom. The molecule has 0 bridgehead atoms. The second-order valence-corrected chi connectivity index (χ2v) is 10.4. The average Bonchev–Trinajstić information content (AvgIpc) is 2.84. The Kier molecular flexibility index (Phi) is 8.01. The molecule has 2 aromatic carbocycles. The third-order valence-electron chi connectivity index (χ3n) is 8.35. The van der Waals surface area contributed by atoms with Gasteiger partial charge in [0.05, 0.1) is 11.6 Å². The summed E-state index contributed by atoms with van der Waals surface area (Å²) in [7, 11) is 0. The molecule has 0 aromatic heterocycles. The first kappa shape index (κ1) is 23.0. The summed E-state index contributed by atoms with van der Waals surface area (Å²) in [6.45, 7) is 2.32. The molecular weight excluding hydrogens is 393 g/mol. The Morgan fingerprint density at radius 1 is 0.812 bits per heavy atom. The number of benzene rings is 2. The van der Waals surface area contributed by atoms with Gasteiger partial charge in [0.25, 0.3) is 0 Å². The fourth-order valence-corrected chi connectivity index (χ4v) is 6.35. The SMILES string of the molecule is CCC[C@H]1CC[C@H](C2CCC(CCc3ccc(-c4ccc(C#N)cc4)c(F)c3)CC2)CC1. The first-order valence-electron chi connectivity index (χ1n) is 12.9. The van der Waals surface area contributed by atoms with E-state index < -0.39 is 0 Å². The van der Waals surface area contributed by atoms with Crippen LogP contribution in [0.1, 0.15) is 88.7 Å². The molecule has 0 amide bonds. The van der Waals surface area contributed by atoms with Crippen LogP contribution in [-0.4, -0.2) is 0 Å². The molecule has 2 aromatic rings. The van der Waals surface area contributed by atoms with Gasteiger partial charge in [-0.05, 0) is 91.5 Å². The van der Waals surface area contributed by atoms with Crippen LogP contribution in [0.3, 0.4) is 0 Å². The highest BCUT2D eigenvalue weighted by atomic mass is 19.1. The highest BCUT2D eigenvalue weighted by Crippen LogP contribution is 2.43. The van der Waals surface area contributed by atoms with Gasteiger partial charge in [0.1, 0.15) is 5.82 Å². The maximum absolute atomic E-state index is 14.8. The summed E-state index contributed by atoms with van der Waals surface area (Å²) >= 11 is 0. The summed E-state index contributed by atoms with van der Waals surface area (Å²) in [4.78, 5) is 0. The maximum atomic E-state index is 14.8. The second-order valence-electron chi connectivity index (χ2n) is 10.4. The number of nitrogens with zero attached hydrogens (tertiary/aromatic N) is 1. The highest BCUT2D eigenvalue weighted by Gasteiger charge is 2.30. The van der Waals surface area contributed by atoms with E-state index in [0.717, 1.165) is 41.2 Å². The first-order chi connectivity index (χ1) is 15.7. The lowest BCUT2D eigenvalue weighted by molar-refractivity contribution is 0.141. The van der Waals surface area contributed by atoms with Crippen LogP contribution >= 0.6 is 0 Å². The smallest absolute Gasteiger partial charge is 0.131 e. The van der Waals surface area contributed by atoms with Gasteiger partial charge in [0.2, 0.25) is 0 Å². The van der Waals surface area contributed by atoms with Crippen LogP contribution in [0.25, 0.3) is 11.1 Å². The van der Waals surface area contributed by atoms with Gasteiger partial charge < -0.3 is 0 Å². The van der Waals surface area contributed by atoms with Crippen molar-refractivity contribution in [1.29, 1.82) is 5.26 Å². The lowest BCUT2D eigenvalue weighted by atomic mass is 9.68. The number of hydrogen-bond acceptors (Lipinski definition) is 1. The molecule has 2 saturated carbocycles. The molecule has 2 heteroatoms. The second kappa shape index (κ2) is 11.1. The Balaban J connectivity index is 1.23. The van der Waals surface area contributed by atoms with Crippen molar-refractivity contribution in [2.45, 2.75) is 84.0 Å². The van der Waals surface area contributed by atoms with Crippen molar-refractivity contribution < 1.29 is 4.39 Å². The van der Waals surface area contributed by atoms with Crippen LogP contribution in [0.2, 0.25) is 0 Å². The van der Waals surface area contributed by atoms with E-state index in [1.165, 1.54) is 70.6 Å². The molecular formula is C30H38FN. The van der Waals surface area contributed by atoms with Crippen molar-refractivity contribution in [1.82, 2.24) is 0 Å². The van der Waals surface area contributed by atoms with Crippen molar-refractivity contribution in [2.24, 2.45) is 23.7 Å². The van der Waals surface area contributed by atoms with Gasteiger partial charge in [-0.25, -0.2) is 4.39 Å². The minimum Gasteiger partial charge on any atom is -0.206 e. The summed E-state index contributed by atoms with van der Waals surface area (Å²) in [6, 6.07) is 14.9. The van der Waals surface area contributed by atoms with Crippen molar-refractivity contribution >= 4 is 0 Å². The third-order valence-corrected chi connectivity index (χ3v) is 8.35. The molecule has 2 aliphatic rings. The topological polar surface area (TPSA) is 23.8 Å². The first-order valence-corrected chi connectivity index (χ1v) is 12.9. The van der Waals surface area contributed by atoms with E-state index in [1.807, 2.05) is 18.2 Å². The third kappa shape index (κ3) is 5.80. The quantitative estimate of drug-likeness (QED) is 0.430. The van der Waals surface area contributed by atoms with Gasteiger partial charge in [-0.2, -0.15) is 5.26 Å². The Bertz CT molecular complexity index is 893. The molecule has 0 aliphatic heterocycles. The van der Waals surface area contributed by atoms with Crippen LogP contribution in [0.15, 0.2) is 42.5 Å². The fraction of sp³-hybridized carbons (Fsp3) is 0.567. The molecule has 0 atom stereocenters. The van der Waals surface area contributed by atoms with Crippen LogP contribution in [0.5, 0.6) is 0 Å². The number of hydrogen-bond donors (Lipinski definition) is 0. The van der Waals surface area contributed by atoms with Crippen molar-refractivity contribution in [3.63, 3.8) is 0 Å². The van der Waals surface area contributed by atoms with Crippen LogP contribution in [0, 0.1) is 40.8 Å². The minimum absolute atomic E-state index is 0.158. The molecule has 170 valence electrons. The number of rotatable bonds is 7. The van der Waals surface area contributed by atoms with E-state index in [4.69, 9.17) is 5.26 Å². The molecule has 4 rings (SSSR count). The van der Waals surface area contributed by atoms with Gasteiger partial charge >= 0.3 is 0 Å². The predicted molar refractivity (Wildman–Crippen MR) is 131 cm³/mol. The van der Waals surface area contributed by atoms with Gasteiger partial charge in [0.15, 0.2) is 0 Å². The maximum Gasteiger partial charge on any atom is 0.131 e. The predicted octanol–water partition coefficient (Wildman–Crippen LogP) is 8.71. The molecule has 0 unspecified atom stereocenters. The Hall–Kier alpha value is -2.14. The molecule has 1 nitrogen and oxygen atoms in total. The van der Waals surface area contributed by atoms with Gasteiger partial charge in [-0.3, -0.25) is 0 Å². The lowest BCUT2D eigenvalue weighted by Gasteiger charge is -2.38. The summed E-state index contributed by atoms with van der Waals surface area (Å²) in [5, 5.41) is 8.94. The van der Waals surface area contributed by atoms with Crippen LogP contribution in [-0.2, 0) is 6.42 Å². The molecule has 0 radical (unpaired) electrons. The molecule has 2 aliphatic carbocycles. The Labute approximate surface area is 194 Å². The molecule has 0 N–H and O–H groups in total. The molecule has 32 heavy (non-hydrogen) atoms. The summed E-state index contributed by atoms with van der Waals surface area (Å²) in [5.74, 6) is 3.63. The van der Waals surface area contributed by atoms with Crippen LogP contribution < -0.4 is 0 Å². The van der Waals surface area contributed by atoms with Crippen molar-refractivity contribution in [3.05, 3.63) is 59.4 Å². The normalized spacial score (nSPS) is 25.9. The molecule has 0 saturated heterocycles.